The third kappa shape index (κ3) is 4.15. The molecule has 0 spiro atoms. The van der Waals surface area contributed by atoms with Crippen LogP contribution in [0.5, 0.6) is 0 Å². The number of halogens is 2. The molecular weight excluding hydrogens is 354 g/mol. The third-order valence-electron chi connectivity index (χ3n) is 4.39. The molecule has 0 radical (unpaired) electrons. The minimum absolute atomic E-state index is 0.105. The van der Waals surface area contributed by atoms with Gasteiger partial charge >= 0.3 is 0 Å². The smallest absolute Gasteiger partial charge is 0.287 e. The van der Waals surface area contributed by atoms with Crippen molar-refractivity contribution in [3.05, 3.63) is 47.0 Å². The molecular formula is C19H22F2N4O2. The molecule has 0 unspecified atom stereocenters. The second-order valence-electron chi connectivity index (χ2n) is 7.02. The highest BCUT2D eigenvalue weighted by Gasteiger charge is 2.27. The maximum Gasteiger partial charge on any atom is 0.287 e. The summed E-state index contributed by atoms with van der Waals surface area (Å²) in [5.74, 6) is -2.07. The standard InChI is InChI=1S/C19H22F2N4O2/c1-11(2)10-22-19(27)17-24-16(15-5-3-4-8-25(15)17)18(26)23-14-7-6-12(20)9-13(14)21/h6-7,9,11H,3-5,8,10H2,1-2H3,(H,22,27)(H,23,26). The fourth-order valence-electron chi connectivity index (χ4n) is 3.05. The average molecular weight is 376 g/mol. The van der Waals surface area contributed by atoms with E-state index in [1.807, 2.05) is 13.8 Å². The SMILES string of the molecule is CC(C)CNC(=O)c1nc(C(=O)Nc2ccc(F)cc2F)c2n1CCCC2. The molecule has 0 atom stereocenters. The van der Waals surface area contributed by atoms with Crippen molar-refractivity contribution in [3.8, 4) is 0 Å². The summed E-state index contributed by atoms with van der Waals surface area (Å²) in [5.41, 5.74) is 0.633. The lowest BCUT2D eigenvalue weighted by molar-refractivity contribution is 0.0933. The van der Waals surface area contributed by atoms with E-state index in [9.17, 15) is 18.4 Å². The van der Waals surface area contributed by atoms with Crippen LogP contribution in [-0.4, -0.2) is 27.9 Å². The van der Waals surface area contributed by atoms with Crippen molar-refractivity contribution in [3.63, 3.8) is 0 Å². The van der Waals surface area contributed by atoms with Gasteiger partial charge < -0.3 is 15.2 Å². The zero-order chi connectivity index (χ0) is 19.6. The predicted octanol–water partition coefficient (Wildman–Crippen LogP) is 3.14. The Morgan fingerprint density at radius 3 is 2.70 bits per heavy atom. The van der Waals surface area contributed by atoms with E-state index in [2.05, 4.69) is 15.6 Å². The number of aromatic nitrogens is 2. The number of imidazole rings is 1. The molecule has 0 bridgehead atoms. The molecule has 0 fully saturated rings. The van der Waals surface area contributed by atoms with Gasteiger partial charge in [-0.15, -0.1) is 0 Å². The molecule has 2 amide bonds. The molecule has 8 heteroatoms. The number of nitrogens with zero attached hydrogens (tertiary/aromatic N) is 2. The van der Waals surface area contributed by atoms with Crippen LogP contribution in [0.15, 0.2) is 18.2 Å². The summed E-state index contributed by atoms with van der Waals surface area (Å²) in [6.07, 6.45) is 2.38. The van der Waals surface area contributed by atoms with Gasteiger partial charge in [0.15, 0.2) is 11.5 Å². The van der Waals surface area contributed by atoms with Gasteiger partial charge in [0.2, 0.25) is 0 Å². The van der Waals surface area contributed by atoms with Crippen LogP contribution < -0.4 is 10.6 Å². The molecule has 6 nitrogen and oxygen atoms in total. The fourth-order valence-corrected chi connectivity index (χ4v) is 3.05. The van der Waals surface area contributed by atoms with Crippen molar-refractivity contribution < 1.29 is 18.4 Å². The minimum Gasteiger partial charge on any atom is -0.349 e. The lowest BCUT2D eigenvalue weighted by Crippen LogP contribution is -2.30. The molecule has 0 aliphatic carbocycles. The van der Waals surface area contributed by atoms with Crippen molar-refractivity contribution in [2.45, 2.75) is 39.7 Å². The molecule has 27 heavy (non-hydrogen) atoms. The molecule has 1 aromatic heterocycles. The van der Waals surface area contributed by atoms with Gasteiger partial charge in [0.25, 0.3) is 11.8 Å². The third-order valence-corrected chi connectivity index (χ3v) is 4.39. The van der Waals surface area contributed by atoms with E-state index in [4.69, 9.17) is 0 Å². The maximum absolute atomic E-state index is 13.8. The van der Waals surface area contributed by atoms with Gasteiger partial charge in [-0.2, -0.15) is 0 Å². The van der Waals surface area contributed by atoms with Gasteiger partial charge in [0.1, 0.15) is 11.6 Å². The van der Waals surface area contributed by atoms with Crippen molar-refractivity contribution in [2.75, 3.05) is 11.9 Å². The largest absolute Gasteiger partial charge is 0.349 e. The van der Waals surface area contributed by atoms with Crippen LogP contribution in [0.3, 0.4) is 0 Å². The Hall–Kier alpha value is -2.77. The van der Waals surface area contributed by atoms with Crippen LogP contribution in [0.25, 0.3) is 0 Å². The van der Waals surface area contributed by atoms with Crippen LogP contribution in [0.2, 0.25) is 0 Å². The molecule has 2 aromatic rings. The van der Waals surface area contributed by atoms with Crippen LogP contribution in [0, 0.1) is 17.6 Å². The first-order valence-corrected chi connectivity index (χ1v) is 9.00. The maximum atomic E-state index is 13.8. The Morgan fingerprint density at radius 1 is 1.22 bits per heavy atom. The number of benzene rings is 1. The number of amides is 2. The number of rotatable bonds is 5. The molecule has 2 heterocycles. The number of anilines is 1. The van der Waals surface area contributed by atoms with Crippen molar-refractivity contribution in [2.24, 2.45) is 5.92 Å². The van der Waals surface area contributed by atoms with E-state index in [-0.39, 0.29) is 29.0 Å². The fraction of sp³-hybridized carbons (Fsp3) is 0.421. The minimum atomic E-state index is -0.869. The summed E-state index contributed by atoms with van der Waals surface area (Å²) < 4.78 is 28.6. The zero-order valence-electron chi connectivity index (χ0n) is 15.3. The van der Waals surface area contributed by atoms with E-state index >= 15 is 0 Å². The van der Waals surface area contributed by atoms with Gasteiger partial charge in [-0.3, -0.25) is 9.59 Å². The first-order valence-electron chi connectivity index (χ1n) is 9.00. The molecule has 2 N–H and O–H groups in total. The summed E-state index contributed by atoms with van der Waals surface area (Å²) in [7, 11) is 0. The predicted molar refractivity (Wildman–Crippen MR) is 96.6 cm³/mol. The van der Waals surface area contributed by atoms with Gasteiger partial charge in [0, 0.05) is 19.2 Å². The number of fused-ring (bicyclic) bond motifs is 1. The number of carbonyl (C=O) groups excluding carboxylic acids is 2. The quantitative estimate of drug-likeness (QED) is 0.842. The number of carbonyl (C=O) groups is 2. The summed E-state index contributed by atoms with van der Waals surface area (Å²) >= 11 is 0. The second-order valence-corrected chi connectivity index (χ2v) is 7.02. The monoisotopic (exact) mass is 376 g/mol. The van der Waals surface area contributed by atoms with Crippen molar-refractivity contribution in [1.29, 1.82) is 0 Å². The summed E-state index contributed by atoms with van der Waals surface area (Å²) in [4.78, 5) is 29.4. The Morgan fingerprint density at radius 2 is 2.00 bits per heavy atom. The lowest BCUT2D eigenvalue weighted by atomic mass is 10.1. The molecule has 1 aliphatic rings. The van der Waals surface area contributed by atoms with Crippen LogP contribution in [0.4, 0.5) is 14.5 Å². The Labute approximate surface area is 156 Å². The first-order chi connectivity index (χ1) is 12.9. The first kappa shape index (κ1) is 19.0. The highest BCUT2D eigenvalue weighted by Crippen LogP contribution is 2.23. The Kier molecular flexibility index (Phi) is 5.53. The van der Waals surface area contributed by atoms with E-state index in [0.717, 1.165) is 25.0 Å². The number of nitrogens with one attached hydrogen (secondary N) is 2. The second kappa shape index (κ2) is 7.85. The summed E-state index contributed by atoms with van der Waals surface area (Å²) in [5, 5.41) is 5.23. The Bertz CT molecular complexity index is 877. The normalized spacial score (nSPS) is 13.4. The van der Waals surface area contributed by atoms with Crippen LogP contribution in [-0.2, 0) is 13.0 Å². The molecule has 3 rings (SSSR count). The highest BCUT2D eigenvalue weighted by atomic mass is 19.1. The topological polar surface area (TPSA) is 76.0 Å². The van der Waals surface area contributed by atoms with Gasteiger partial charge in [-0.25, -0.2) is 13.8 Å². The molecule has 144 valence electrons. The highest BCUT2D eigenvalue weighted by molar-refractivity contribution is 6.05. The van der Waals surface area contributed by atoms with Gasteiger partial charge in [-0.1, -0.05) is 13.8 Å². The van der Waals surface area contributed by atoms with E-state index < -0.39 is 17.5 Å². The summed E-state index contributed by atoms with van der Waals surface area (Å²) in [6.45, 7) is 5.07. The van der Waals surface area contributed by atoms with Crippen molar-refractivity contribution >= 4 is 17.5 Å². The van der Waals surface area contributed by atoms with E-state index in [0.29, 0.717) is 31.3 Å². The molecule has 1 aromatic carbocycles. The van der Waals surface area contributed by atoms with Crippen molar-refractivity contribution in [1.82, 2.24) is 14.9 Å². The zero-order valence-corrected chi connectivity index (χ0v) is 15.3. The summed E-state index contributed by atoms with van der Waals surface area (Å²) in [6, 6.07) is 2.91. The van der Waals surface area contributed by atoms with Crippen LogP contribution in [0.1, 0.15) is 53.5 Å². The van der Waals surface area contributed by atoms with E-state index in [1.165, 1.54) is 0 Å². The molecule has 0 saturated heterocycles. The molecule has 1 aliphatic heterocycles. The lowest BCUT2D eigenvalue weighted by Gasteiger charge is -2.17. The van der Waals surface area contributed by atoms with E-state index in [1.54, 1.807) is 4.57 Å². The number of hydrogen-bond donors (Lipinski definition) is 2. The average Bonchev–Trinajstić information content (AvgIpc) is 3.02. The van der Waals surface area contributed by atoms with Gasteiger partial charge in [0.05, 0.1) is 11.4 Å². The molecule has 0 saturated carbocycles. The van der Waals surface area contributed by atoms with Crippen LogP contribution >= 0.6 is 0 Å². The number of hydrogen-bond acceptors (Lipinski definition) is 3. The van der Waals surface area contributed by atoms with Gasteiger partial charge in [-0.05, 0) is 37.3 Å². The Balaban J connectivity index is 1.88.